The minimum atomic E-state index is -4.28. The van der Waals surface area contributed by atoms with Gasteiger partial charge in [0.05, 0.1) is 6.61 Å². The summed E-state index contributed by atoms with van der Waals surface area (Å²) in [6.45, 7) is 1.15. The molecule has 0 aliphatic carbocycles. The number of thiocarbonyl (C=S) groups is 1. The summed E-state index contributed by atoms with van der Waals surface area (Å²) in [6.07, 6.45) is 47.9. The van der Waals surface area contributed by atoms with Crippen molar-refractivity contribution in [3.8, 4) is 0 Å². The van der Waals surface area contributed by atoms with Crippen molar-refractivity contribution in [3.63, 3.8) is 0 Å². The Hall–Kier alpha value is 0.350. The summed E-state index contributed by atoms with van der Waals surface area (Å²) in [5.41, 5.74) is 0. The van der Waals surface area contributed by atoms with E-state index in [1.165, 1.54) is 205 Å². The Morgan fingerprint density at radius 1 is 0.435 bits per heavy atom. The highest BCUT2D eigenvalue weighted by Gasteiger charge is 2.12. The number of hydrogen-bond acceptors (Lipinski definition) is 3. The minimum absolute atomic E-state index is 0.168. The summed E-state index contributed by atoms with van der Waals surface area (Å²) >= 11 is 8.99. The van der Waals surface area contributed by atoms with Crippen molar-refractivity contribution in [1.82, 2.24) is 5.32 Å². The van der Waals surface area contributed by atoms with E-state index in [2.05, 4.69) is 22.5 Å². The van der Waals surface area contributed by atoms with Gasteiger partial charge in [-0.15, -0.1) is 12.6 Å². The molecule has 0 bridgehead atoms. The smallest absolute Gasteiger partial charge is 0.371 e. The third kappa shape index (κ3) is 44.4. The van der Waals surface area contributed by atoms with Crippen LogP contribution in [0.1, 0.15) is 225 Å². The molecule has 5 nitrogen and oxygen atoms in total. The largest absolute Gasteiger partial charge is 0.469 e. The molecular weight excluding hydrogens is 630 g/mol. The van der Waals surface area contributed by atoms with Gasteiger partial charge >= 0.3 is 7.82 Å². The molecule has 0 rings (SSSR count). The second-order valence-corrected chi connectivity index (χ2v) is 16.3. The molecule has 276 valence electrons. The molecule has 0 aromatic heterocycles. The van der Waals surface area contributed by atoms with Gasteiger partial charge in [-0.25, -0.2) is 4.57 Å². The molecular formula is C38H78NO4PS2. The lowest BCUT2D eigenvalue weighted by molar-refractivity contribution is 0.193. The average Bonchev–Trinajstić information content (AvgIpc) is 3.01. The van der Waals surface area contributed by atoms with Crippen molar-refractivity contribution in [3.05, 3.63) is 0 Å². The van der Waals surface area contributed by atoms with Crippen LogP contribution in [0.5, 0.6) is 0 Å². The van der Waals surface area contributed by atoms with Gasteiger partial charge in [0.15, 0.2) is 0 Å². The summed E-state index contributed by atoms with van der Waals surface area (Å²) in [4.78, 5) is 17.3. The van der Waals surface area contributed by atoms with Crippen molar-refractivity contribution in [2.75, 3.05) is 13.2 Å². The lowest BCUT2D eigenvalue weighted by Gasteiger charge is -2.05. The second kappa shape index (κ2) is 38.2. The Kier molecular flexibility index (Phi) is 38.4. The molecule has 0 aliphatic rings. The van der Waals surface area contributed by atoms with Crippen LogP contribution in [-0.2, 0) is 9.09 Å². The zero-order valence-corrected chi connectivity index (χ0v) is 32.8. The number of hydrogen-bond donors (Lipinski definition) is 4. The molecule has 3 N–H and O–H groups in total. The van der Waals surface area contributed by atoms with E-state index in [1.807, 2.05) is 0 Å². The molecule has 0 unspecified atom stereocenters. The van der Waals surface area contributed by atoms with Crippen molar-refractivity contribution in [1.29, 1.82) is 0 Å². The molecule has 0 atom stereocenters. The predicted octanol–water partition coefficient (Wildman–Crippen LogP) is 13.6. The van der Waals surface area contributed by atoms with Crippen molar-refractivity contribution >= 4 is 37.0 Å². The Labute approximate surface area is 298 Å². The first kappa shape index (κ1) is 46.4. The van der Waals surface area contributed by atoms with Gasteiger partial charge in [0.2, 0.25) is 0 Å². The van der Waals surface area contributed by atoms with Gasteiger partial charge in [-0.3, -0.25) is 4.52 Å². The quantitative estimate of drug-likeness (QED) is 0.0220. The van der Waals surface area contributed by atoms with Crippen molar-refractivity contribution < 1.29 is 18.9 Å². The fourth-order valence-electron chi connectivity index (χ4n) is 6.44. The van der Waals surface area contributed by atoms with Crippen LogP contribution in [0.25, 0.3) is 0 Å². The first-order valence-electron chi connectivity index (χ1n) is 20.1. The van der Waals surface area contributed by atoms with Crippen LogP contribution < -0.4 is 5.32 Å². The topological polar surface area (TPSA) is 78.8 Å². The predicted molar refractivity (Wildman–Crippen MR) is 209 cm³/mol. The van der Waals surface area contributed by atoms with E-state index < -0.39 is 7.82 Å². The third-order valence-electron chi connectivity index (χ3n) is 9.36. The number of phosphoric acid groups is 1. The molecule has 46 heavy (non-hydrogen) atoms. The molecule has 0 aromatic rings. The van der Waals surface area contributed by atoms with Gasteiger partial charge in [-0.2, -0.15) is 0 Å². The van der Waals surface area contributed by atoms with E-state index in [-0.39, 0.29) is 6.61 Å². The average molecular weight is 708 g/mol. The fourth-order valence-corrected chi connectivity index (χ4v) is 7.02. The van der Waals surface area contributed by atoms with E-state index in [0.717, 1.165) is 25.8 Å². The van der Waals surface area contributed by atoms with E-state index in [1.54, 1.807) is 0 Å². The monoisotopic (exact) mass is 708 g/mol. The lowest BCUT2D eigenvalue weighted by atomic mass is 10.0. The van der Waals surface area contributed by atoms with E-state index in [0.29, 0.717) is 4.32 Å². The summed E-state index contributed by atoms with van der Waals surface area (Å²) in [7, 11) is -4.28. The molecule has 0 radical (unpaired) electrons. The summed E-state index contributed by atoms with van der Waals surface area (Å²) in [5.74, 6) is 0. The SMILES string of the molecule is O=P(O)(O)OCCCCCCCCCCCCCCCCCCCCCCCCCCCCCCCCCCCCCNC(=S)S. The van der Waals surface area contributed by atoms with Crippen LogP contribution in [0.15, 0.2) is 0 Å². The van der Waals surface area contributed by atoms with Gasteiger partial charge in [-0.1, -0.05) is 224 Å². The third-order valence-corrected chi connectivity index (χ3v) is 10.2. The Morgan fingerprint density at radius 2 is 0.630 bits per heavy atom. The first-order chi connectivity index (χ1) is 22.4. The van der Waals surface area contributed by atoms with Crippen LogP contribution in [0.4, 0.5) is 0 Å². The molecule has 0 fully saturated rings. The standard InChI is InChI=1S/C38H78NO4PS2/c40-44(41,42)43-37-35-33-31-29-27-25-23-21-19-17-15-13-11-9-7-5-3-1-2-4-6-8-10-12-14-16-18-20-22-24-26-28-30-32-34-36-39-38(45)46/h1-37H2,(H2,39,45,46)(H2,40,41,42). The Bertz CT molecular complexity index is 665. The Balaban J connectivity index is 3.06. The van der Waals surface area contributed by atoms with Crippen LogP contribution in [0.3, 0.4) is 0 Å². The lowest BCUT2D eigenvalue weighted by Crippen LogP contribution is -2.17. The van der Waals surface area contributed by atoms with E-state index >= 15 is 0 Å². The zero-order valence-electron chi connectivity index (χ0n) is 30.2. The molecule has 0 aliphatic heterocycles. The highest BCUT2D eigenvalue weighted by atomic mass is 32.1. The zero-order chi connectivity index (χ0) is 33.7. The van der Waals surface area contributed by atoms with Crippen LogP contribution in [-0.4, -0.2) is 27.3 Å². The van der Waals surface area contributed by atoms with Gasteiger partial charge in [0, 0.05) is 6.54 Å². The number of rotatable bonds is 39. The summed E-state index contributed by atoms with van der Waals surface area (Å²) in [6, 6.07) is 0. The number of unbranched alkanes of at least 4 members (excludes halogenated alkanes) is 34. The van der Waals surface area contributed by atoms with E-state index in [9.17, 15) is 4.57 Å². The molecule has 0 heterocycles. The van der Waals surface area contributed by atoms with Gasteiger partial charge in [0.1, 0.15) is 4.32 Å². The minimum Gasteiger partial charge on any atom is -0.371 e. The second-order valence-electron chi connectivity index (χ2n) is 13.9. The maximum atomic E-state index is 10.6. The first-order valence-corrected chi connectivity index (χ1v) is 22.5. The van der Waals surface area contributed by atoms with Gasteiger partial charge in [-0.05, 0) is 12.8 Å². The molecule has 0 saturated carbocycles. The fraction of sp³-hybridized carbons (Fsp3) is 0.974. The number of nitrogens with one attached hydrogen (secondary N) is 1. The van der Waals surface area contributed by atoms with Gasteiger partial charge in [0.25, 0.3) is 0 Å². The Morgan fingerprint density at radius 3 is 0.826 bits per heavy atom. The molecule has 8 heteroatoms. The van der Waals surface area contributed by atoms with Gasteiger partial charge < -0.3 is 15.1 Å². The molecule has 0 aromatic carbocycles. The van der Waals surface area contributed by atoms with Crippen LogP contribution in [0, 0.1) is 0 Å². The maximum Gasteiger partial charge on any atom is 0.469 e. The number of thiol groups is 1. The number of phosphoric ester groups is 1. The molecule has 0 amide bonds. The molecule has 0 spiro atoms. The van der Waals surface area contributed by atoms with Crippen molar-refractivity contribution in [2.45, 2.75) is 225 Å². The van der Waals surface area contributed by atoms with Crippen LogP contribution >= 0.6 is 32.7 Å². The molecule has 0 saturated heterocycles. The highest BCUT2D eigenvalue weighted by molar-refractivity contribution is 8.11. The normalized spacial score (nSPS) is 11.8. The highest BCUT2D eigenvalue weighted by Crippen LogP contribution is 2.35. The summed E-state index contributed by atoms with van der Waals surface area (Å²) in [5, 5.41) is 3.11. The maximum absolute atomic E-state index is 10.6. The summed E-state index contributed by atoms with van der Waals surface area (Å²) < 4.78 is 15.7. The van der Waals surface area contributed by atoms with Crippen LogP contribution in [0.2, 0.25) is 0 Å². The van der Waals surface area contributed by atoms with Crippen molar-refractivity contribution in [2.24, 2.45) is 0 Å². The van der Waals surface area contributed by atoms with E-state index in [4.69, 9.17) is 22.0 Å².